The molecular formula is C27H34N6O. The Kier molecular flexibility index (Phi) is 6.21. The number of aromatic nitrogens is 4. The fourth-order valence-electron chi connectivity index (χ4n) is 5.29. The summed E-state index contributed by atoms with van der Waals surface area (Å²) in [7, 11) is 0. The maximum Gasteiger partial charge on any atom is 0.236 e. The van der Waals surface area contributed by atoms with E-state index in [1.54, 1.807) is 0 Å². The lowest BCUT2D eigenvalue weighted by molar-refractivity contribution is -0.137. The smallest absolute Gasteiger partial charge is 0.236 e. The molecule has 178 valence electrons. The summed E-state index contributed by atoms with van der Waals surface area (Å²) in [5, 5.41) is 14.0. The number of likely N-dealkylation sites (tertiary alicyclic amines) is 1. The molecule has 1 aromatic heterocycles. The monoisotopic (exact) mass is 458 g/mol. The molecule has 2 aliphatic heterocycles. The zero-order valence-corrected chi connectivity index (χ0v) is 20.4. The van der Waals surface area contributed by atoms with Gasteiger partial charge in [0.05, 0.1) is 0 Å². The second kappa shape index (κ2) is 9.29. The highest BCUT2D eigenvalue weighted by atomic mass is 16.2. The number of hydrogen-bond acceptors (Lipinski definition) is 5. The van der Waals surface area contributed by atoms with Crippen LogP contribution in [0.25, 0.3) is 11.1 Å². The Bertz CT molecular complexity index is 1140. The first-order valence-corrected chi connectivity index (χ1v) is 12.4. The average molecular weight is 459 g/mol. The van der Waals surface area contributed by atoms with Crippen molar-refractivity contribution in [2.75, 3.05) is 19.6 Å². The maximum atomic E-state index is 13.2. The van der Waals surface area contributed by atoms with Gasteiger partial charge in [-0.1, -0.05) is 42.5 Å². The van der Waals surface area contributed by atoms with Gasteiger partial charge in [0.25, 0.3) is 0 Å². The van der Waals surface area contributed by atoms with Crippen molar-refractivity contribution in [2.24, 2.45) is 0 Å². The molecule has 0 radical (unpaired) electrons. The largest absolute Gasteiger partial charge is 0.337 e. The minimum absolute atomic E-state index is 0.0414. The van der Waals surface area contributed by atoms with Crippen LogP contribution in [-0.4, -0.2) is 62.0 Å². The Morgan fingerprint density at radius 3 is 2.59 bits per heavy atom. The van der Waals surface area contributed by atoms with Crippen molar-refractivity contribution in [3.8, 4) is 11.1 Å². The lowest BCUT2D eigenvalue weighted by Crippen LogP contribution is -2.46. The van der Waals surface area contributed by atoms with E-state index >= 15 is 0 Å². The summed E-state index contributed by atoms with van der Waals surface area (Å²) in [6.45, 7) is 9.79. The Morgan fingerprint density at radius 1 is 1.09 bits per heavy atom. The van der Waals surface area contributed by atoms with E-state index in [1.807, 2.05) is 18.7 Å². The van der Waals surface area contributed by atoms with E-state index in [0.29, 0.717) is 18.9 Å². The molecule has 0 aliphatic carbocycles. The van der Waals surface area contributed by atoms with Gasteiger partial charge < -0.3 is 9.80 Å². The molecule has 1 amide bonds. The number of tetrazole rings is 1. The number of amides is 1. The third-order valence-corrected chi connectivity index (χ3v) is 7.64. The second-order valence-corrected chi connectivity index (χ2v) is 10.3. The zero-order valence-electron chi connectivity index (χ0n) is 20.4. The van der Waals surface area contributed by atoms with Gasteiger partial charge in [-0.3, -0.25) is 4.79 Å². The molecule has 1 saturated heterocycles. The summed E-state index contributed by atoms with van der Waals surface area (Å²) in [5.41, 5.74) is 5.65. The van der Waals surface area contributed by atoms with Gasteiger partial charge in [0.15, 0.2) is 5.82 Å². The number of rotatable bonds is 6. The molecule has 1 N–H and O–H groups in total. The summed E-state index contributed by atoms with van der Waals surface area (Å²) in [4.78, 5) is 17.7. The van der Waals surface area contributed by atoms with Crippen molar-refractivity contribution in [1.82, 2.24) is 30.4 Å². The molecule has 3 heterocycles. The lowest BCUT2D eigenvalue weighted by atomic mass is 9.88. The van der Waals surface area contributed by atoms with E-state index in [0.717, 1.165) is 25.4 Å². The number of carbonyl (C=O) groups is 1. The van der Waals surface area contributed by atoms with Crippen LogP contribution in [0.5, 0.6) is 0 Å². The van der Waals surface area contributed by atoms with Crippen molar-refractivity contribution < 1.29 is 4.79 Å². The highest BCUT2D eigenvalue weighted by molar-refractivity contribution is 5.86. The molecule has 7 heteroatoms. The first kappa shape index (κ1) is 22.7. The van der Waals surface area contributed by atoms with Gasteiger partial charge in [-0.25, -0.2) is 5.10 Å². The van der Waals surface area contributed by atoms with Crippen molar-refractivity contribution in [1.29, 1.82) is 0 Å². The number of carbonyl (C=O) groups excluding carboxylic acids is 1. The minimum Gasteiger partial charge on any atom is -0.337 e. The molecule has 0 spiro atoms. The molecular weight excluding hydrogens is 424 g/mol. The van der Waals surface area contributed by atoms with Crippen LogP contribution in [0.2, 0.25) is 0 Å². The van der Waals surface area contributed by atoms with Crippen LogP contribution in [0.1, 0.15) is 56.1 Å². The number of nitrogens with one attached hydrogen (secondary N) is 1. The zero-order chi connectivity index (χ0) is 23.7. The summed E-state index contributed by atoms with van der Waals surface area (Å²) in [5.74, 6) is 0.539. The molecule has 2 aromatic carbocycles. The van der Waals surface area contributed by atoms with Crippen LogP contribution in [-0.2, 0) is 29.6 Å². The van der Waals surface area contributed by atoms with Crippen molar-refractivity contribution in [3.63, 3.8) is 0 Å². The number of benzene rings is 2. The molecule has 0 unspecified atom stereocenters. The van der Waals surface area contributed by atoms with E-state index in [2.05, 4.69) is 74.9 Å². The Hall–Kier alpha value is -3.06. The van der Waals surface area contributed by atoms with Crippen molar-refractivity contribution in [3.05, 3.63) is 65.0 Å². The van der Waals surface area contributed by atoms with Gasteiger partial charge in [-0.15, -0.1) is 5.10 Å². The minimum atomic E-state index is -0.782. The van der Waals surface area contributed by atoms with Crippen molar-refractivity contribution in [2.45, 2.75) is 64.5 Å². The highest BCUT2D eigenvalue weighted by Gasteiger charge is 2.38. The fraction of sp³-hybridized carbons (Fsp3) is 0.481. The van der Waals surface area contributed by atoms with E-state index in [1.165, 1.54) is 47.2 Å². The van der Waals surface area contributed by atoms with Crippen LogP contribution >= 0.6 is 0 Å². The number of fused-ring (bicyclic) bond motifs is 1. The SMILES string of the molecule is C[C@@H]1CCCN1CCc1ccc(-c2ccc3c(c2)CCN(C(=O)C(C)(C)c2nnn[nH]2)C3)cc1. The molecule has 3 aromatic rings. The fourth-order valence-corrected chi connectivity index (χ4v) is 5.29. The normalized spacial score (nSPS) is 18.8. The highest BCUT2D eigenvalue weighted by Crippen LogP contribution is 2.30. The molecule has 34 heavy (non-hydrogen) atoms. The summed E-state index contributed by atoms with van der Waals surface area (Å²) >= 11 is 0. The van der Waals surface area contributed by atoms with E-state index < -0.39 is 5.41 Å². The summed E-state index contributed by atoms with van der Waals surface area (Å²) in [6.07, 6.45) is 4.63. The third-order valence-electron chi connectivity index (χ3n) is 7.64. The van der Waals surface area contributed by atoms with E-state index in [9.17, 15) is 4.79 Å². The number of hydrogen-bond donors (Lipinski definition) is 1. The maximum absolute atomic E-state index is 13.2. The van der Waals surface area contributed by atoms with E-state index in [-0.39, 0.29) is 5.91 Å². The van der Waals surface area contributed by atoms with Crippen LogP contribution in [0.4, 0.5) is 0 Å². The molecule has 0 bridgehead atoms. The van der Waals surface area contributed by atoms with Gasteiger partial charge in [0, 0.05) is 25.7 Å². The first-order chi connectivity index (χ1) is 16.4. The van der Waals surface area contributed by atoms with Crippen LogP contribution in [0, 0.1) is 0 Å². The molecule has 2 aliphatic rings. The molecule has 1 atom stereocenters. The Balaban J connectivity index is 1.24. The molecule has 7 nitrogen and oxygen atoms in total. The van der Waals surface area contributed by atoms with Gasteiger partial charge in [0.1, 0.15) is 5.41 Å². The number of nitrogens with zero attached hydrogens (tertiary/aromatic N) is 5. The standard InChI is InChI=1S/C27H34N6O/c1-19-5-4-14-32(19)15-12-20-6-8-21(9-7-20)22-10-11-24-18-33(16-13-23(24)17-22)26(34)27(2,3)25-28-30-31-29-25/h6-11,17,19H,4-5,12-16,18H2,1-3H3,(H,28,29,30,31)/t19-/m1/s1. The van der Waals surface area contributed by atoms with Gasteiger partial charge in [0.2, 0.25) is 5.91 Å². The number of aromatic amines is 1. The van der Waals surface area contributed by atoms with Gasteiger partial charge >= 0.3 is 0 Å². The van der Waals surface area contributed by atoms with Crippen LogP contribution in [0.15, 0.2) is 42.5 Å². The Morgan fingerprint density at radius 2 is 1.88 bits per heavy atom. The third kappa shape index (κ3) is 4.49. The van der Waals surface area contributed by atoms with Gasteiger partial charge in [-0.2, -0.15) is 0 Å². The quantitative estimate of drug-likeness (QED) is 0.609. The molecule has 5 rings (SSSR count). The Labute approximate surface area is 201 Å². The summed E-state index contributed by atoms with van der Waals surface area (Å²) in [6, 6.07) is 16.4. The molecule has 1 fully saturated rings. The molecule has 0 saturated carbocycles. The predicted molar refractivity (Wildman–Crippen MR) is 132 cm³/mol. The van der Waals surface area contributed by atoms with E-state index in [4.69, 9.17) is 0 Å². The number of H-pyrrole nitrogens is 1. The first-order valence-electron chi connectivity index (χ1n) is 12.4. The second-order valence-electron chi connectivity index (χ2n) is 10.3. The topological polar surface area (TPSA) is 78.0 Å². The van der Waals surface area contributed by atoms with Crippen LogP contribution < -0.4 is 0 Å². The van der Waals surface area contributed by atoms with Gasteiger partial charge in [-0.05, 0) is 91.2 Å². The van der Waals surface area contributed by atoms with Crippen LogP contribution in [0.3, 0.4) is 0 Å². The predicted octanol–water partition coefficient (Wildman–Crippen LogP) is 3.76. The lowest BCUT2D eigenvalue weighted by Gasteiger charge is -2.34. The summed E-state index contributed by atoms with van der Waals surface area (Å²) < 4.78 is 0. The van der Waals surface area contributed by atoms with Crippen molar-refractivity contribution >= 4 is 5.91 Å². The average Bonchev–Trinajstić information content (AvgIpc) is 3.54.